The van der Waals surface area contributed by atoms with Crippen LogP contribution in [0, 0.1) is 12.7 Å². The minimum Gasteiger partial charge on any atom is -0.548 e. The number of aromatic nitrogens is 6. The number of anilines is 6. The largest absolute Gasteiger partial charge is 1.00 e. The average molecular weight is 615 g/mol. The first-order chi connectivity index (χ1) is 16.5. The van der Waals surface area contributed by atoms with Gasteiger partial charge in [0.15, 0.2) is 0 Å². The van der Waals surface area contributed by atoms with Crippen LogP contribution in [0.5, 0.6) is 0 Å². The van der Waals surface area contributed by atoms with Crippen molar-refractivity contribution >= 4 is 57.9 Å². The SMILES string of the molecule is O=C([O-])CNc1nc(NCC(=O)[O-])nc(Nc2cccc3cccc(Nc4n[c-]n[c-]n4)c23)n1.[K+].[K+].[K+].[K+]. The van der Waals surface area contributed by atoms with Crippen molar-refractivity contribution in [3.05, 3.63) is 49.1 Å². The third kappa shape index (κ3) is 12.3. The van der Waals surface area contributed by atoms with E-state index in [0.29, 0.717) is 11.4 Å². The fourth-order valence-electron chi connectivity index (χ4n) is 2.93. The number of rotatable bonds is 10. The molecule has 4 aromatic rings. The fourth-order valence-corrected chi connectivity index (χ4v) is 2.93. The van der Waals surface area contributed by atoms with Gasteiger partial charge >= 0.3 is 206 Å². The molecule has 2 heterocycles. The minimum absolute atomic E-state index is 0. The standard InChI is InChI=1S/C20H16N10O4.4K/c31-14(32)7-22-18-28-19(23-8-15(33)34)30-20(29-18)27-13-6-2-4-11-3-1-5-12(16(11)13)26-17-24-9-21-10-25-17;;;;/h1-6H,7-8H2,(H,31,32)(H,33,34)(H,21,24,25,26)(H3,22,23,27,28,29,30);;;;/q-2;4*+1/p-2. The maximum absolute atomic E-state index is 10.8. The van der Waals surface area contributed by atoms with E-state index in [4.69, 9.17) is 0 Å². The second kappa shape index (κ2) is 20.3. The Kier molecular flexibility index (Phi) is 21.1. The van der Waals surface area contributed by atoms with Crippen molar-refractivity contribution in [2.75, 3.05) is 34.4 Å². The molecule has 0 aliphatic rings. The van der Waals surface area contributed by atoms with Crippen LogP contribution in [0.25, 0.3) is 10.8 Å². The average Bonchev–Trinajstić information content (AvgIpc) is 2.82. The van der Waals surface area contributed by atoms with E-state index < -0.39 is 25.0 Å². The summed E-state index contributed by atoms with van der Waals surface area (Å²) in [6.45, 7) is -1.13. The van der Waals surface area contributed by atoms with Crippen LogP contribution in [-0.4, -0.2) is 54.9 Å². The summed E-state index contributed by atoms with van der Waals surface area (Å²) >= 11 is 0. The predicted molar refractivity (Wildman–Crippen MR) is 115 cm³/mol. The molecular weight excluding hydrogens is 601 g/mol. The van der Waals surface area contributed by atoms with Gasteiger partial charge in [-0.3, -0.25) is 0 Å². The third-order valence-corrected chi connectivity index (χ3v) is 4.23. The van der Waals surface area contributed by atoms with Crippen LogP contribution in [0.1, 0.15) is 0 Å². The van der Waals surface area contributed by atoms with Gasteiger partial charge in [0.25, 0.3) is 0 Å². The number of carboxylic acid groups (broad SMARTS) is 2. The van der Waals surface area contributed by atoms with E-state index in [1.807, 2.05) is 30.3 Å². The molecule has 2 aromatic heterocycles. The van der Waals surface area contributed by atoms with Crippen molar-refractivity contribution in [3.63, 3.8) is 0 Å². The second-order valence-electron chi connectivity index (χ2n) is 6.58. The van der Waals surface area contributed by atoms with Gasteiger partial charge in [-0.25, -0.2) is 0 Å². The number of hydrogen-bond donors (Lipinski definition) is 4. The minimum atomic E-state index is -1.38. The Hall–Kier alpha value is 1.41. The molecule has 14 nitrogen and oxygen atoms in total. The first-order valence-electron chi connectivity index (χ1n) is 9.65. The summed E-state index contributed by atoms with van der Waals surface area (Å²) in [5.41, 5.74) is 1.22. The van der Waals surface area contributed by atoms with Crippen molar-refractivity contribution in [2.24, 2.45) is 0 Å². The molecule has 0 bridgehead atoms. The van der Waals surface area contributed by atoms with E-state index >= 15 is 0 Å². The summed E-state index contributed by atoms with van der Waals surface area (Å²) in [4.78, 5) is 45.2. The summed E-state index contributed by atoms with van der Waals surface area (Å²) in [7, 11) is 0. The zero-order valence-electron chi connectivity index (χ0n) is 21.2. The summed E-state index contributed by atoms with van der Waals surface area (Å²) in [6, 6.07) is 11.0. The number of hydrogen-bond acceptors (Lipinski definition) is 14. The van der Waals surface area contributed by atoms with E-state index in [1.54, 1.807) is 6.07 Å². The van der Waals surface area contributed by atoms with E-state index in [1.165, 1.54) is 0 Å². The van der Waals surface area contributed by atoms with E-state index in [-0.39, 0.29) is 229 Å². The number of nitrogens with zero attached hydrogens (tertiary/aromatic N) is 6. The summed E-state index contributed by atoms with van der Waals surface area (Å²) in [5, 5.41) is 34.3. The van der Waals surface area contributed by atoms with Gasteiger partial charge in [0.1, 0.15) is 0 Å². The molecule has 38 heavy (non-hydrogen) atoms. The van der Waals surface area contributed by atoms with Gasteiger partial charge in [-0.1, -0.05) is 24.3 Å². The predicted octanol–water partition coefficient (Wildman–Crippen LogP) is -13.4. The molecule has 4 N–H and O–H groups in total. The van der Waals surface area contributed by atoms with Crippen LogP contribution in [0.15, 0.2) is 36.4 Å². The number of aliphatic carboxylic acids is 2. The van der Waals surface area contributed by atoms with E-state index in [9.17, 15) is 19.8 Å². The summed E-state index contributed by atoms with van der Waals surface area (Å²) < 4.78 is 0. The number of benzene rings is 2. The molecule has 0 aliphatic carbocycles. The topological polar surface area (TPSA) is 206 Å². The molecule has 0 aliphatic heterocycles. The molecule has 0 fully saturated rings. The zero-order valence-corrected chi connectivity index (χ0v) is 33.7. The van der Waals surface area contributed by atoms with Crippen LogP contribution in [0.3, 0.4) is 0 Å². The van der Waals surface area contributed by atoms with Gasteiger partial charge in [-0.2, -0.15) is 27.6 Å². The quantitative estimate of drug-likeness (QED) is 0.0967. The van der Waals surface area contributed by atoms with Crippen LogP contribution < -0.4 is 237 Å². The Morgan fingerprint density at radius 2 is 1.13 bits per heavy atom. The maximum atomic E-state index is 10.8. The van der Waals surface area contributed by atoms with Gasteiger partial charge in [0, 0.05) is 11.1 Å². The van der Waals surface area contributed by atoms with Gasteiger partial charge in [0.2, 0.25) is 17.8 Å². The van der Waals surface area contributed by atoms with Crippen molar-refractivity contribution in [2.45, 2.75) is 0 Å². The van der Waals surface area contributed by atoms with Gasteiger partial charge in [-0.15, -0.1) is 0 Å². The Morgan fingerprint density at radius 3 is 1.61 bits per heavy atom. The molecule has 4 rings (SSSR count). The van der Waals surface area contributed by atoms with Crippen LogP contribution in [-0.2, 0) is 9.59 Å². The Labute approximate surface area is 387 Å². The normalized spacial score (nSPS) is 9.37. The molecule has 0 spiro atoms. The van der Waals surface area contributed by atoms with Crippen LogP contribution in [0.4, 0.5) is 35.2 Å². The Morgan fingerprint density at radius 1 is 0.684 bits per heavy atom. The third-order valence-electron chi connectivity index (χ3n) is 4.23. The number of carbonyl (C=O) groups excluding carboxylic acids is 2. The molecular formula is C20H14K4N10O4. The maximum Gasteiger partial charge on any atom is 1.00 e. The van der Waals surface area contributed by atoms with E-state index in [2.05, 4.69) is 63.8 Å². The molecule has 18 heteroatoms. The molecule has 172 valence electrons. The number of nitrogens with one attached hydrogen (secondary N) is 4. The number of carbonyl (C=O) groups is 2. The van der Waals surface area contributed by atoms with Gasteiger partial charge in [0.05, 0.1) is 30.7 Å². The molecule has 0 saturated carbocycles. The monoisotopic (exact) mass is 614 g/mol. The molecule has 0 amide bonds. The molecule has 0 saturated heterocycles. The summed E-state index contributed by atoms with van der Waals surface area (Å²) in [5.74, 6) is -2.73. The van der Waals surface area contributed by atoms with E-state index in [0.717, 1.165) is 10.8 Å². The van der Waals surface area contributed by atoms with Crippen LogP contribution >= 0.6 is 0 Å². The second-order valence-corrected chi connectivity index (χ2v) is 6.58. The Balaban J connectivity index is 0.00000342. The summed E-state index contributed by atoms with van der Waals surface area (Å²) in [6.07, 6.45) is 4.81. The van der Waals surface area contributed by atoms with Crippen molar-refractivity contribution in [1.29, 1.82) is 0 Å². The fraction of sp³-hybridized carbons (Fsp3) is 0.100. The molecule has 2 aromatic carbocycles. The van der Waals surface area contributed by atoms with Gasteiger partial charge in [-0.05, 0) is 23.5 Å². The first-order valence-corrected chi connectivity index (χ1v) is 9.65. The number of fused-ring (bicyclic) bond motifs is 1. The van der Waals surface area contributed by atoms with Crippen molar-refractivity contribution in [3.8, 4) is 0 Å². The van der Waals surface area contributed by atoms with Gasteiger partial charge < -0.3 is 56.0 Å². The molecule has 0 unspecified atom stereocenters. The molecule has 0 radical (unpaired) electrons. The Bertz CT molecular complexity index is 1310. The molecule has 0 atom stereocenters. The number of carboxylic acids is 2. The van der Waals surface area contributed by atoms with Crippen LogP contribution in [0.2, 0.25) is 0 Å². The smallest absolute Gasteiger partial charge is 0.548 e. The van der Waals surface area contributed by atoms with Crippen molar-refractivity contribution < 1.29 is 225 Å². The zero-order chi connectivity index (χ0) is 23.9. The van der Waals surface area contributed by atoms with Crippen molar-refractivity contribution in [1.82, 2.24) is 29.9 Å². The first kappa shape index (κ1) is 39.4.